The number of benzene rings is 1. The van der Waals surface area contributed by atoms with Crippen LogP contribution in [0.2, 0.25) is 5.02 Å². The van der Waals surface area contributed by atoms with Crippen LogP contribution in [0.1, 0.15) is 0 Å². The maximum absolute atomic E-state index is 13.3. The van der Waals surface area contributed by atoms with E-state index in [-0.39, 0.29) is 28.6 Å². The molecule has 3 rings (SSSR count). The summed E-state index contributed by atoms with van der Waals surface area (Å²) >= 11 is 8.90. The SMILES string of the molecule is O=c1[nH]ncc(N2CCN(S(=O)(=O)c3ccc(F)c(Cl)c3)CC2)c1Br. The highest BCUT2D eigenvalue weighted by Crippen LogP contribution is 2.26. The minimum Gasteiger partial charge on any atom is -0.367 e. The fourth-order valence-corrected chi connectivity index (χ4v) is 4.69. The molecule has 0 saturated carbocycles. The summed E-state index contributed by atoms with van der Waals surface area (Å²) in [6.45, 7) is 1.21. The second kappa shape index (κ2) is 7.02. The van der Waals surface area contributed by atoms with Crippen LogP contribution in [0.5, 0.6) is 0 Å². The average Bonchev–Trinajstić information content (AvgIpc) is 2.60. The highest BCUT2D eigenvalue weighted by Gasteiger charge is 2.30. The Hall–Kier alpha value is -1.49. The standard InChI is InChI=1S/C14H13BrClFN4O3S/c15-13-12(8-18-19-14(13)22)20-3-5-21(6-4-20)25(23,24)9-1-2-11(17)10(16)7-9/h1-2,7-8H,3-6H2,(H,19,22). The maximum atomic E-state index is 13.3. The monoisotopic (exact) mass is 450 g/mol. The van der Waals surface area contributed by atoms with Crippen molar-refractivity contribution in [3.8, 4) is 0 Å². The fraction of sp³-hybridized carbons (Fsp3) is 0.286. The number of nitrogens with one attached hydrogen (secondary N) is 1. The minimum absolute atomic E-state index is 0.0497. The Morgan fingerprint density at radius 1 is 1.24 bits per heavy atom. The van der Waals surface area contributed by atoms with Gasteiger partial charge in [0.05, 0.1) is 21.8 Å². The van der Waals surface area contributed by atoms with Gasteiger partial charge in [0.1, 0.15) is 10.3 Å². The van der Waals surface area contributed by atoms with Crippen molar-refractivity contribution in [2.24, 2.45) is 0 Å². The first-order valence-corrected chi connectivity index (χ1v) is 9.85. The van der Waals surface area contributed by atoms with E-state index >= 15 is 0 Å². The Morgan fingerprint density at radius 2 is 1.92 bits per heavy atom. The molecule has 1 saturated heterocycles. The van der Waals surface area contributed by atoms with Crippen molar-refractivity contribution in [1.29, 1.82) is 0 Å². The van der Waals surface area contributed by atoms with Gasteiger partial charge in [0.15, 0.2) is 0 Å². The van der Waals surface area contributed by atoms with Gasteiger partial charge >= 0.3 is 0 Å². The predicted molar refractivity (Wildman–Crippen MR) is 94.9 cm³/mol. The van der Waals surface area contributed by atoms with Crippen LogP contribution in [0.25, 0.3) is 0 Å². The molecule has 11 heteroatoms. The maximum Gasteiger partial charge on any atom is 0.280 e. The van der Waals surface area contributed by atoms with Crippen LogP contribution in [0.3, 0.4) is 0 Å². The summed E-state index contributed by atoms with van der Waals surface area (Å²) in [5.74, 6) is -0.669. The molecule has 0 bridgehead atoms. The number of sulfonamides is 1. The second-order valence-corrected chi connectivity index (χ2v) is 8.50. The first-order valence-electron chi connectivity index (χ1n) is 7.24. The van der Waals surface area contributed by atoms with E-state index in [4.69, 9.17) is 11.6 Å². The van der Waals surface area contributed by atoms with E-state index in [2.05, 4.69) is 26.1 Å². The van der Waals surface area contributed by atoms with Gasteiger partial charge in [-0.05, 0) is 34.1 Å². The van der Waals surface area contributed by atoms with Gasteiger partial charge in [0.2, 0.25) is 10.0 Å². The highest BCUT2D eigenvalue weighted by molar-refractivity contribution is 9.10. The van der Waals surface area contributed by atoms with E-state index in [0.29, 0.717) is 23.2 Å². The summed E-state index contributed by atoms with van der Waals surface area (Å²) in [4.78, 5) is 13.4. The van der Waals surface area contributed by atoms with Crippen LogP contribution in [0.15, 0.2) is 38.6 Å². The van der Waals surface area contributed by atoms with Crippen LogP contribution in [0.4, 0.5) is 10.1 Å². The van der Waals surface area contributed by atoms with Gasteiger partial charge in [-0.25, -0.2) is 17.9 Å². The van der Waals surface area contributed by atoms with E-state index in [1.54, 1.807) is 0 Å². The lowest BCUT2D eigenvalue weighted by molar-refractivity contribution is 0.384. The summed E-state index contributed by atoms with van der Waals surface area (Å²) in [6, 6.07) is 3.33. The first kappa shape index (κ1) is 18.3. The normalized spacial score (nSPS) is 16.2. The topological polar surface area (TPSA) is 86.4 Å². The number of nitrogens with zero attached hydrogens (tertiary/aromatic N) is 3. The summed E-state index contributed by atoms with van der Waals surface area (Å²) in [5, 5.41) is 5.84. The van der Waals surface area contributed by atoms with Crippen molar-refractivity contribution >= 4 is 43.2 Å². The lowest BCUT2D eigenvalue weighted by atomic mass is 10.3. The zero-order valence-corrected chi connectivity index (χ0v) is 15.9. The quantitative estimate of drug-likeness (QED) is 0.769. The van der Waals surface area contributed by atoms with E-state index in [0.717, 1.165) is 12.1 Å². The highest BCUT2D eigenvalue weighted by atomic mass is 79.9. The van der Waals surface area contributed by atoms with Gasteiger partial charge in [0, 0.05) is 26.2 Å². The summed E-state index contributed by atoms with van der Waals surface area (Å²) in [7, 11) is -3.76. The Kier molecular flexibility index (Phi) is 5.14. The Labute approximate surface area is 156 Å². The zero-order chi connectivity index (χ0) is 18.2. The van der Waals surface area contributed by atoms with Crippen molar-refractivity contribution in [2.45, 2.75) is 4.90 Å². The van der Waals surface area contributed by atoms with Gasteiger partial charge in [-0.2, -0.15) is 9.40 Å². The lowest BCUT2D eigenvalue weighted by Crippen LogP contribution is -2.49. The molecule has 2 aromatic rings. The van der Waals surface area contributed by atoms with E-state index in [1.165, 1.54) is 16.6 Å². The van der Waals surface area contributed by atoms with E-state index < -0.39 is 15.8 Å². The molecule has 0 radical (unpaired) electrons. The number of H-pyrrole nitrogens is 1. The van der Waals surface area contributed by atoms with Crippen molar-refractivity contribution in [3.05, 3.63) is 50.1 Å². The molecule has 1 aliphatic heterocycles. The van der Waals surface area contributed by atoms with Gasteiger partial charge in [-0.1, -0.05) is 11.6 Å². The summed E-state index contributed by atoms with van der Waals surface area (Å²) in [5.41, 5.74) is 0.249. The molecule has 1 fully saturated rings. The summed E-state index contributed by atoms with van der Waals surface area (Å²) < 4.78 is 40.2. The molecular formula is C14H13BrClFN4O3S. The van der Waals surface area contributed by atoms with Crippen molar-refractivity contribution in [2.75, 3.05) is 31.1 Å². The number of anilines is 1. The van der Waals surface area contributed by atoms with Crippen LogP contribution < -0.4 is 10.5 Å². The molecule has 1 aromatic heterocycles. The molecular weight excluding hydrogens is 439 g/mol. The Morgan fingerprint density at radius 3 is 2.56 bits per heavy atom. The predicted octanol–water partition coefficient (Wildman–Crippen LogP) is 1.84. The molecule has 0 unspecified atom stereocenters. The third kappa shape index (κ3) is 3.57. The number of rotatable bonds is 3. The van der Waals surface area contributed by atoms with E-state index in [9.17, 15) is 17.6 Å². The van der Waals surface area contributed by atoms with Crippen LogP contribution >= 0.6 is 27.5 Å². The second-order valence-electron chi connectivity index (χ2n) is 5.37. The molecule has 0 amide bonds. The molecule has 134 valence electrons. The van der Waals surface area contributed by atoms with Crippen molar-refractivity contribution in [3.63, 3.8) is 0 Å². The molecule has 1 aromatic carbocycles. The number of piperazine rings is 1. The number of aromatic amines is 1. The van der Waals surface area contributed by atoms with Gasteiger partial charge in [0.25, 0.3) is 5.56 Å². The molecule has 7 nitrogen and oxygen atoms in total. The van der Waals surface area contributed by atoms with Crippen LogP contribution in [-0.2, 0) is 10.0 Å². The molecule has 0 atom stereocenters. The van der Waals surface area contributed by atoms with Gasteiger partial charge < -0.3 is 4.90 Å². The molecule has 2 heterocycles. The molecule has 1 N–H and O–H groups in total. The fourth-order valence-electron chi connectivity index (χ4n) is 2.55. The smallest absolute Gasteiger partial charge is 0.280 e. The average molecular weight is 452 g/mol. The number of hydrogen-bond acceptors (Lipinski definition) is 5. The number of hydrogen-bond donors (Lipinski definition) is 1. The summed E-state index contributed by atoms with van der Waals surface area (Å²) in [6.07, 6.45) is 1.51. The Balaban J connectivity index is 1.78. The third-order valence-corrected chi connectivity index (χ3v) is 6.84. The van der Waals surface area contributed by atoms with Crippen LogP contribution in [-0.4, -0.2) is 49.1 Å². The lowest BCUT2D eigenvalue weighted by Gasteiger charge is -2.35. The van der Waals surface area contributed by atoms with Crippen molar-refractivity contribution < 1.29 is 12.8 Å². The van der Waals surface area contributed by atoms with Gasteiger partial charge in [-0.3, -0.25) is 4.79 Å². The van der Waals surface area contributed by atoms with Crippen LogP contribution in [0, 0.1) is 5.82 Å². The third-order valence-electron chi connectivity index (χ3n) is 3.89. The van der Waals surface area contributed by atoms with Gasteiger partial charge in [-0.15, -0.1) is 0 Å². The first-order chi connectivity index (χ1) is 11.8. The molecule has 0 aliphatic carbocycles. The molecule has 25 heavy (non-hydrogen) atoms. The number of aromatic nitrogens is 2. The largest absolute Gasteiger partial charge is 0.367 e. The van der Waals surface area contributed by atoms with E-state index in [1.807, 2.05) is 4.90 Å². The zero-order valence-electron chi connectivity index (χ0n) is 12.7. The molecule has 1 aliphatic rings. The Bertz CT molecular complexity index is 961. The number of halogens is 3. The minimum atomic E-state index is -3.76. The molecule has 0 spiro atoms. The van der Waals surface area contributed by atoms with Crippen molar-refractivity contribution in [1.82, 2.24) is 14.5 Å².